The van der Waals surface area contributed by atoms with Crippen molar-refractivity contribution in [1.82, 2.24) is 0 Å². The van der Waals surface area contributed by atoms with Gasteiger partial charge in [0, 0.05) is 0 Å². The molecule has 0 aromatic heterocycles. The van der Waals surface area contributed by atoms with E-state index in [-0.39, 0.29) is 4.75 Å². The monoisotopic (exact) mass is 226 g/mol. The minimum Gasteiger partial charge on any atom is -0.302 e. The highest BCUT2D eigenvalue weighted by molar-refractivity contribution is 8.01. The fourth-order valence-corrected chi connectivity index (χ4v) is 4.77. The molecule has 1 nitrogen and oxygen atoms in total. The second-order valence-corrected chi connectivity index (χ2v) is 6.62. The molecule has 0 bridgehead atoms. The maximum absolute atomic E-state index is 11.4. The molecule has 1 aliphatic carbocycles. The summed E-state index contributed by atoms with van der Waals surface area (Å²) in [5.74, 6) is 2.77. The van der Waals surface area contributed by atoms with E-state index in [2.05, 4.69) is 6.92 Å². The summed E-state index contributed by atoms with van der Waals surface area (Å²) in [4.78, 5) is 11.4. The number of aldehydes is 1. The zero-order chi connectivity index (χ0) is 10.7. The van der Waals surface area contributed by atoms with Gasteiger partial charge in [0.05, 0.1) is 4.75 Å². The number of hydrogen-bond acceptors (Lipinski definition) is 2. The van der Waals surface area contributed by atoms with Crippen LogP contribution in [0.3, 0.4) is 0 Å². The summed E-state index contributed by atoms with van der Waals surface area (Å²) in [6.07, 6.45) is 10.3. The lowest BCUT2D eigenvalue weighted by Crippen LogP contribution is -2.37. The summed E-state index contributed by atoms with van der Waals surface area (Å²) in [5, 5.41) is 0. The lowest BCUT2D eigenvalue weighted by Gasteiger charge is -2.37. The van der Waals surface area contributed by atoms with Gasteiger partial charge in [0.2, 0.25) is 0 Å². The third-order valence-corrected chi connectivity index (χ3v) is 6.00. The molecule has 0 aromatic rings. The Hall–Kier alpha value is 0.0200. The first kappa shape index (κ1) is 11.5. The van der Waals surface area contributed by atoms with E-state index in [1.807, 2.05) is 11.8 Å². The predicted octanol–water partition coefficient (Wildman–Crippen LogP) is 3.67. The van der Waals surface area contributed by atoms with Crippen LogP contribution in [0.4, 0.5) is 0 Å². The van der Waals surface area contributed by atoms with Gasteiger partial charge in [-0.25, -0.2) is 0 Å². The lowest BCUT2D eigenvalue weighted by atomic mass is 9.73. The van der Waals surface area contributed by atoms with Crippen LogP contribution < -0.4 is 0 Å². The van der Waals surface area contributed by atoms with Crippen LogP contribution in [0.25, 0.3) is 0 Å². The summed E-state index contributed by atoms with van der Waals surface area (Å²) in [7, 11) is 0. The van der Waals surface area contributed by atoms with E-state index in [0.717, 1.165) is 12.3 Å². The van der Waals surface area contributed by atoms with Gasteiger partial charge in [0.1, 0.15) is 6.29 Å². The molecular weight excluding hydrogens is 204 g/mol. The fourth-order valence-electron chi connectivity index (χ4n) is 3.30. The molecule has 2 aliphatic rings. The summed E-state index contributed by atoms with van der Waals surface area (Å²) in [6.45, 7) is 2.29. The van der Waals surface area contributed by atoms with E-state index in [1.165, 1.54) is 50.6 Å². The molecule has 0 radical (unpaired) electrons. The Balaban J connectivity index is 2.04. The van der Waals surface area contributed by atoms with Crippen LogP contribution in [0.15, 0.2) is 0 Å². The van der Waals surface area contributed by atoms with Crippen molar-refractivity contribution in [3.8, 4) is 0 Å². The van der Waals surface area contributed by atoms with Crippen LogP contribution in [-0.2, 0) is 4.79 Å². The molecule has 1 aliphatic heterocycles. The first-order chi connectivity index (χ1) is 7.30. The molecule has 86 valence electrons. The molecule has 3 atom stereocenters. The van der Waals surface area contributed by atoms with Crippen molar-refractivity contribution < 1.29 is 4.79 Å². The molecule has 1 saturated heterocycles. The normalized spacial score (nSPS) is 41.7. The number of hydrogen-bond donors (Lipinski definition) is 0. The van der Waals surface area contributed by atoms with Crippen LogP contribution in [0.5, 0.6) is 0 Å². The smallest absolute Gasteiger partial charge is 0.136 e. The minimum absolute atomic E-state index is 0.0217. The van der Waals surface area contributed by atoms with Gasteiger partial charge in [-0.2, -0.15) is 0 Å². The Morgan fingerprint density at radius 2 is 2.27 bits per heavy atom. The lowest BCUT2D eigenvalue weighted by molar-refractivity contribution is -0.111. The largest absolute Gasteiger partial charge is 0.302 e. The van der Waals surface area contributed by atoms with Gasteiger partial charge in [-0.3, -0.25) is 0 Å². The van der Waals surface area contributed by atoms with Crippen molar-refractivity contribution >= 4 is 18.0 Å². The highest BCUT2D eigenvalue weighted by atomic mass is 32.2. The van der Waals surface area contributed by atoms with Crippen LogP contribution in [0, 0.1) is 11.8 Å². The van der Waals surface area contributed by atoms with Gasteiger partial charge in [-0.15, -0.1) is 11.8 Å². The van der Waals surface area contributed by atoms with Gasteiger partial charge >= 0.3 is 0 Å². The maximum atomic E-state index is 11.4. The van der Waals surface area contributed by atoms with Crippen LogP contribution in [0.1, 0.15) is 51.9 Å². The Labute approximate surface area is 97.4 Å². The van der Waals surface area contributed by atoms with Crippen LogP contribution in [-0.4, -0.2) is 16.8 Å². The molecule has 0 N–H and O–H groups in total. The summed E-state index contributed by atoms with van der Waals surface area (Å²) < 4.78 is 0.0217. The van der Waals surface area contributed by atoms with Crippen molar-refractivity contribution in [3.63, 3.8) is 0 Å². The highest BCUT2D eigenvalue weighted by Gasteiger charge is 2.43. The number of carbonyl (C=O) groups is 1. The maximum Gasteiger partial charge on any atom is 0.136 e. The Bertz CT molecular complexity index is 221. The topological polar surface area (TPSA) is 17.1 Å². The molecular formula is C13H22OS. The van der Waals surface area contributed by atoms with E-state index < -0.39 is 0 Å². The summed E-state index contributed by atoms with van der Waals surface area (Å²) in [6, 6.07) is 0. The molecule has 1 heterocycles. The van der Waals surface area contributed by atoms with Gasteiger partial charge in [-0.05, 0) is 43.3 Å². The highest BCUT2D eigenvalue weighted by Crippen LogP contribution is 2.49. The number of thioether (sulfide) groups is 1. The Morgan fingerprint density at radius 3 is 2.87 bits per heavy atom. The van der Waals surface area contributed by atoms with Crippen molar-refractivity contribution in [3.05, 3.63) is 0 Å². The standard InChI is InChI=1S/C13H22OS/c1-2-11-5-3-6-12(9-11)13(10-14)7-4-8-15-13/h10-12H,2-9H2,1H3. The molecule has 15 heavy (non-hydrogen) atoms. The third kappa shape index (κ3) is 2.25. The quantitative estimate of drug-likeness (QED) is 0.683. The Kier molecular flexibility index (Phi) is 3.76. The zero-order valence-electron chi connectivity index (χ0n) is 9.71. The van der Waals surface area contributed by atoms with Gasteiger partial charge in [0.15, 0.2) is 0 Å². The molecule has 2 rings (SSSR count). The zero-order valence-corrected chi connectivity index (χ0v) is 10.5. The number of rotatable bonds is 3. The van der Waals surface area contributed by atoms with Gasteiger partial charge < -0.3 is 4.79 Å². The van der Waals surface area contributed by atoms with E-state index in [0.29, 0.717) is 5.92 Å². The number of carbonyl (C=O) groups excluding carboxylic acids is 1. The van der Waals surface area contributed by atoms with E-state index in [9.17, 15) is 4.79 Å². The molecule has 3 unspecified atom stereocenters. The molecule has 0 aromatic carbocycles. The van der Waals surface area contributed by atoms with Crippen LogP contribution >= 0.6 is 11.8 Å². The summed E-state index contributed by atoms with van der Waals surface area (Å²) in [5.41, 5.74) is 0. The first-order valence-electron chi connectivity index (χ1n) is 6.41. The molecule has 0 amide bonds. The second-order valence-electron chi connectivity index (χ2n) is 5.16. The van der Waals surface area contributed by atoms with E-state index >= 15 is 0 Å². The molecule has 1 saturated carbocycles. The van der Waals surface area contributed by atoms with Crippen LogP contribution in [0.2, 0.25) is 0 Å². The van der Waals surface area contributed by atoms with E-state index in [4.69, 9.17) is 0 Å². The average Bonchev–Trinajstić information content (AvgIpc) is 2.79. The SMILES string of the molecule is CCC1CCCC(C2(C=O)CCCS2)C1. The minimum atomic E-state index is 0.0217. The second kappa shape index (κ2) is 4.90. The molecule has 2 fully saturated rings. The first-order valence-corrected chi connectivity index (χ1v) is 7.39. The van der Waals surface area contributed by atoms with Gasteiger partial charge in [0.25, 0.3) is 0 Å². The van der Waals surface area contributed by atoms with Crippen molar-refractivity contribution in [2.75, 3.05) is 5.75 Å². The fraction of sp³-hybridized carbons (Fsp3) is 0.923. The summed E-state index contributed by atoms with van der Waals surface area (Å²) >= 11 is 1.94. The van der Waals surface area contributed by atoms with Crippen molar-refractivity contribution in [1.29, 1.82) is 0 Å². The Morgan fingerprint density at radius 1 is 1.40 bits per heavy atom. The van der Waals surface area contributed by atoms with Crippen molar-refractivity contribution in [2.24, 2.45) is 11.8 Å². The average molecular weight is 226 g/mol. The van der Waals surface area contributed by atoms with Crippen molar-refractivity contribution in [2.45, 2.75) is 56.6 Å². The molecule has 2 heteroatoms. The van der Waals surface area contributed by atoms with E-state index in [1.54, 1.807) is 0 Å². The molecule has 0 spiro atoms. The van der Waals surface area contributed by atoms with Gasteiger partial charge in [-0.1, -0.05) is 26.2 Å². The third-order valence-electron chi connectivity index (χ3n) is 4.33. The predicted molar refractivity (Wildman–Crippen MR) is 66.2 cm³/mol.